The number of H-pyrrole nitrogens is 1. The summed E-state index contributed by atoms with van der Waals surface area (Å²) in [6, 6.07) is 6.69. The Kier molecular flexibility index (Phi) is 5.83. The second-order valence-corrected chi connectivity index (χ2v) is 8.38. The van der Waals surface area contributed by atoms with Crippen LogP contribution in [0, 0.1) is 5.82 Å². The summed E-state index contributed by atoms with van der Waals surface area (Å²) in [5.74, 6) is -2.37. The molecule has 0 radical (unpaired) electrons. The minimum atomic E-state index is -5.00. The van der Waals surface area contributed by atoms with Crippen molar-refractivity contribution < 1.29 is 40.3 Å². The molecule has 1 aliphatic rings. The molecule has 16 heteroatoms. The number of carbonyl (C=O) groups excluding carboxylic acids is 1. The van der Waals surface area contributed by atoms with Gasteiger partial charge in [-0.3, -0.25) is 4.79 Å². The molecule has 9 nitrogen and oxygen atoms in total. The molecule has 2 N–H and O–H groups in total. The minimum absolute atomic E-state index is 0.0626. The van der Waals surface area contributed by atoms with Crippen molar-refractivity contribution in [3.05, 3.63) is 65.7 Å². The van der Waals surface area contributed by atoms with E-state index >= 15 is 0 Å². The number of tetrazole rings is 1. The zero-order chi connectivity index (χ0) is 27.3. The molecule has 1 saturated carbocycles. The Balaban J connectivity index is 1.43. The van der Waals surface area contributed by atoms with Gasteiger partial charge in [0, 0.05) is 29.1 Å². The van der Waals surface area contributed by atoms with Gasteiger partial charge in [0.05, 0.1) is 22.9 Å². The number of nitrogens with zero attached hydrogens (tertiary/aromatic N) is 5. The summed E-state index contributed by atoms with van der Waals surface area (Å²) in [6.45, 7) is 0. The van der Waals surface area contributed by atoms with Crippen molar-refractivity contribution >= 4 is 11.6 Å². The summed E-state index contributed by atoms with van der Waals surface area (Å²) >= 11 is 0. The van der Waals surface area contributed by atoms with Crippen molar-refractivity contribution in [3.63, 3.8) is 0 Å². The number of amides is 1. The molecule has 1 fully saturated rings. The Labute approximate surface area is 207 Å². The van der Waals surface area contributed by atoms with Gasteiger partial charge >= 0.3 is 12.5 Å². The third-order valence-electron chi connectivity index (χ3n) is 5.89. The van der Waals surface area contributed by atoms with Gasteiger partial charge in [-0.2, -0.15) is 18.3 Å². The quantitative estimate of drug-likeness (QED) is 0.340. The second-order valence-electron chi connectivity index (χ2n) is 8.38. The Morgan fingerprint density at radius 1 is 1.08 bits per heavy atom. The molecule has 0 saturated heterocycles. The monoisotopic (exact) mass is 541 g/mol. The number of anilines is 1. The summed E-state index contributed by atoms with van der Waals surface area (Å²) in [5, 5.41) is 19.5. The Bertz CT molecular complexity index is 1490. The molecule has 198 valence electrons. The molecule has 0 spiro atoms. The van der Waals surface area contributed by atoms with Crippen LogP contribution < -0.4 is 10.1 Å². The van der Waals surface area contributed by atoms with Crippen LogP contribution in [0.15, 0.2) is 48.8 Å². The molecule has 5 rings (SSSR count). The fourth-order valence-corrected chi connectivity index (χ4v) is 3.95. The van der Waals surface area contributed by atoms with Crippen molar-refractivity contribution in [1.82, 2.24) is 30.4 Å². The minimum Gasteiger partial charge on any atom is -0.406 e. The number of carbonyl (C=O) groups is 1. The fourth-order valence-electron chi connectivity index (χ4n) is 3.95. The van der Waals surface area contributed by atoms with E-state index in [1.807, 2.05) is 0 Å². The van der Waals surface area contributed by atoms with Gasteiger partial charge < -0.3 is 10.1 Å². The highest BCUT2D eigenvalue weighted by Crippen LogP contribution is 2.50. The molecule has 1 aliphatic carbocycles. The summed E-state index contributed by atoms with van der Waals surface area (Å²) in [6.07, 6.45) is -7.73. The SMILES string of the molecule is O=C(Nc1ccc(-n2cc(C(F)(F)F)cn2)c(-c2nnn[nH]2)c1)C1(c2ccc(OC(F)(F)F)cc2F)CC1. The Morgan fingerprint density at radius 2 is 1.84 bits per heavy atom. The van der Waals surface area contributed by atoms with Crippen LogP contribution in [0.3, 0.4) is 0 Å². The zero-order valence-corrected chi connectivity index (χ0v) is 18.7. The van der Waals surface area contributed by atoms with Crippen LogP contribution in [0.5, 0.6) is 5.75 Å². The fraction of sp³-hybridized carbons (Fsp3) is 0.227. The maximum Gasteiger partial charge on any atom is 0.573 e. The maximum absolute atomic E-state index is 14.7. The van der Waals surface area contributed by atoms with E-state index in [-0.39, 0.29) is 41.2 Å². The molecule has 0 bridgehead atoms. The maximum atomic E-state index is 14.7. The number of ether oxygens (including phenoxy) is 1. The van der Waals surface area contributed by atoms with E-state index in [9.17, 15) is 35.5 Å². The van der Waals surface area contributed by atoms with Crippen molar-refractivity contribution in [3.8, 4) is 22.8 Å². The van der Waals surface area contributed by atoms with E-state index in [1.165, 1.54) is 18.2 Å². The van der Waals surface area contributed by atoms with E-state index in [1.54, 1.807) is 0 Å². The topological polar surface area (TPSA) is 111 Å². The highest BCUT2D eigenvalue weighted by molar-refractivity contribution is 6.02. The smallest absolute Gasteiger partial charge is 0.406 e. The first-order valence-electron chi connectivity index (χ1n) is 10.7. The van der Waals surface area contributed by atoms with Crippen LogP contribution >= 0.6 is 0 Å². The second kappa shape index (κ2) is 8.81. The van der Waals surface area contributed by atoms with Gasteiger partial charge in [-0.25, -0.2) is 14.2 Å². The van der Waals surface area contributed by atoms with Crippen molar-refractivity contribution in [2.75, 3.05) is 5.32 Å². The van der Waals surface area contributed by atoms with E-state index in [0.717, 1.165) is 23.0 Å². The number of hydrogen-bond donors (Lipinski definition) is 2. The molecule has 38 heavy (non-hydrogen) atoms. The lowest BCUT2D eigenvalue weighted by molar-refractivity contribution is -0.274. The van der Waals surface area contributed by atoms with E-state index in [0.29, 0.717) is 12.3 Å². The predicted octanol–water partition coefficient (Wildman–Crippen LogP) is 4.78. The van der Waals surface area contributed by atoms with Crippen LogP contribution in [0.2, 0.25) is 0 Å². The van der Waals surface area contributed by atoms with Crippen LogP contribution in [0.25, 0.3) is 17.1 Å². The highest BCUT2D eigenvalue weighted by atomic mass is 19.4. The van der Waals surface area contributed by atoms with Gasteiger partial charge in [0.1, 0.15) is 11.6 Å². The van der Waals surface area contributed by atoms with Gasteiger partial charge in [0.15, 0.2) is 5.82 Å². The molecule has 2 aromatic carbocycles. The molecule has 2 heterocycles. The third-order valence-corrected chi connectivity index (χ3v) is 5.89. The Morgan fingerprint density at radius 3 is 2.42 bits per heavy atom. The number of nitrogens with one attached hydrogen (secondary N) is 2. The molecular weight excluding hydrogens is 527 g/mol. The van der Waals surface area contributed by atoms with Crippen molar-refractivity contribution in [1.29, 1.82) is 0 Å². The number of aromatic nitrogens is 6. The van der Waals surface area contributed by atoms with Crippen LogP contribution in [0.1, 0.15) is 24.0 Å². The number of benzene rings is 2. The number of rotatable bonds is 6. The molecule has 2 aromatic heterocycles. The molecule has 4 aromatic rings. The standard InChI is InChI=1S/C22H14F7N7O2/c23-16-8-13(38-22(27,28)29)2-3-15(16)20(5-6-20)19(37)31-12-1-4-17(14(7-12)18-32-34-35-33-18)36-10-11(9-30-36)21(24,25)26/h1-4,7-10H,5-6H2,(H,31,37)(H,32,33,34,35). The van der Waals surface area contributed by atoms with E-state index in [4.69, 9.17) is 0 Å². The normalized spacial score (nSPS) is 14.8. The first-order valence-corrected chi connectivity index (χ1v) is 10.7. The van der Waals surface area contributed by atoms with Crippen LogP contribution in [-0.4, -0.2) is 42.7 Å². The number of halogens is 7. The molecule has 0 aliphatic heterocycles. The largest absolute Gasteiger partial charge is 0.573 e. The zero-order valence-electron chi connectivity index (χ0n) is 18.7. The average Bonchev–Trinajstić information content (AvgIpc) is 3.21. The molecular formula is C22H14F7N7O2. The average molecular weight is 541 g/mol. The predicted molar refractivity (Wildman–Crippen MR) is 114 cm³/mol. The lowest BCUT2D eigenvalue weighted by atomic mass is 9.94. The third kappa shape index (κ3) is 4.88. The Hall–Kier alpha value is -4.50. The van der Waals surface area contributed by atoms with Gasteiger partial charge in [-0.15, -0.1) is 18.3 Å². The van der Waals surface area contributed by atoms with Crippen molar-refractivity contribution in [2.24, 2.45) is 0 Å². The molecule has 0 atom stereocenters. The summed E-state index contributed by atoms with van der Waals surface area (Å²) < 4.78 is 95.9. The van der Waals surface area contributed by atoms with Gasteiger partial charge in [0.25, 0.3) is 0 Å². The van der Waals surface area contributed by atoms with Gasteiger partial charge in [0.2, 0.25) is 5.91 Å². The lowest BCUT2D eigenvalue weighted by Gasteiger charge is -2.18. The van der Waals surface area contributed by atoms with Gasteiger partial charge in [-0.1, -0.05) is 6.07 Å². The van der Waals surface area contributed by atoms with Crippen LogP contribution in [-0.2, 0) is 16.4 Å². The number of alkyl halides is 6. The summed E-state index contributed by atoms with van der Waals surface area (Å²) in [7, 11) is 0. The lowest BCUT2D eigenvalue weighted by Crippen LogP contribution is -2.29. The van der Waals surface area contributed by atoms with Crippen LogP contribution in [0.4, 0.5) is 36.4 Å². The van der Waals surface area contributed by atoms with E-state index < -0.39 is 41.0 Å². The number of hydrogen-bond acceptors (Lipinski definition) is 6. The highest BCUT2D eigenvalue weighted by Gasteiger charge is 2.53. The van der Waals surface area contributed by atoms with E-state index in [2.05, 4.69) is 35.8 Å². The molecule has 1 amide bonds. The van der Waals surface area contributed by atoms with Gasteiger partial charge in [-0.05, 0) is 47.5 Å². The first kappa shape index (κ1) is 25.2. The summed E-state index contributed by atoms with van der Waals surface area (Å²) in [4.78, 5) is 13.1. The summed E-state index contributed by atoms with van der Waals surface area (Å²) in [5.41, 5.74) is -1.88. The van der Waals surface area contributed by atoms with Crippen molar-refractivity contribution in [2.45, 2.75) is 30.8 Å². The number of aromatic amines is 1. The molecule has 0 unspecified atom stereocenters. The first-order chi connectivity index (χ1) is 17.9.